The molecule has 3 aromatic rings. The molecule has 0 bridgehead atoms. The zero-order chi connectivity index (χ0) is 23.3. The number of hydrogen-bond acceptors (Lipinski definition) is 9. The summed E-state index contributed by atoms with van der Waals surface area (Å²) in [6.07, 6.45) is 3.40. The Balaban J connectivity index is 1.57. The molecule has 4 heterocycles. The second-order valence-corrected chi connectivity index (χ2v) is 8.20. The molecule has 0 aromatic carbocycles. The molecule has 2 amide bonds. The number of pyridine rings is 1. The van der Waals surface area contributed by atoms with Crippen molar-refractivity contribution in [2.24, 2.45) is 5.92 Å². The van der Waals surface area contributed by atoms with Gasteiger partial charge in [-0.05, 0) is 32.8 Å². The van der Waals surface area contributed by atoms with Crippen LogP contribution in [0.5, 0.6) is 0 Å². The molecule has 12 nitrogen and oxygen atoms in total. The number of fused-ring (bicyclic) bond motifs is 3. The van der Waals surface area contributed by atoms with Crippen LogP contribution in [0.2, 0.25) is 0 Å². The second kappa shape index (κ2) is 7.80. The van der Waals surface area contributed by atoms with Gasteiger partial charge in [0.1, 0.15) is 11.5 Å². The van der Waals surface area contributed by atoms with E-state index in [1.807, 2.05) is 31.6 Å². The van der Waals surface area contributed by atoms with E-state index in [1.165, 1.54) is 7.05 Å². The quantitative estimate of drug-likeness (QED) is 0.531. The number of aromatic nitrogens is 6. The van der Waals surface area contributed by atoms with Gasteiger partial charge in [-0.1, -0.05) is 0 Å². The molecule has 1 aliphatic heterocycles. The standard InChI is InChI=1S/C21H24N10O2/c1-10-19-24-11(2)29-31(19)14-7-8-23-18(17(14)30(10)4)25-13-9-15(26-20(32)12-5-6-12)27-28-16(13)21(33)22-3/h7-10,12H,5-6H2,1-4H3,(H,22,33)(H2,23,25,26,27,32)/t10-/m0/s1. The van der Waals surface area contributed by atoms with Gasteiger partial charge >= 0.3 is 0 Å². The van der Waals surface area contributed by atoms with Crippen LogP contribution in [0.3, 0.4) is 0 Å². The van der Waals surface area contributed by atoms with Crippen LogP contribution in [-0.2, 0) is 4.79 Å². The van der Waals surface area contributed by atoms with Gasteiger partial charge in [-0.25, -0.2) is 14.6 Å². The number of anilines is 4. The van der Waals surface area contributed by atoms with Crippen molar-refractivity contribution in [1.29, 1.82) is 0 Å². The van der Waals surface area contributed by atoms with Gasteiger partial charge in [0.25, 0.3) is 5.91 Å². The Morgan fingerprint density at radius 1 is 1.21 bits per heavy atom. The first-order chi connectivity index (χ1) is 15.9. The zero-order valence-electron chi connectivity index (χ0n) is 18.7. The molecule has 0 radical (unpaired) electrons. The minimum Gasteiger partial charge on any atom is -0.360 e. The van der Waals surface area contributed by atoms with Crippen molar-refractivity contribution >= 4 is 34.8 Å². The van der Waals surface area contributed by atoms with Crippen molar-refractivity contribution in [2.45, 2.75) is 32.7 Å². The Hall–Kier alpha value is -4.09. The van der Waals surface area contributed by atoms with Crippen LogP contribution < -0.4 is 20.9 Å². The van der Waals surface area contributed by atoms with Gasteiger partial charge < -0.3 is 20.9 Å². The van der Waals surface area contributed by atoms with Gasteiger partial charge in [0, 0.05) is 32.3 Å². The van der Waals surface area contributed by atoms with Crippen molar-refractivity contribution in [2.75, 3.05) is 29.6 Å². The second-order valence-electron chi connectivity index (χ2n) is 8.20. The lowest BCUT2D eigenvalue weighted by molar-refractivity contribution is -0.117. The fourth-order valence-corrected chi connectivity index (χ4v) is 3.84. The average molecular weight is 448 g/mol. The molecule has 3 aromatic heterocycles. The van der Waals surface area contributed by atoms with Crippen LogP contribution in [0.1, 0.15) is 47.9 Å². The highest BCUT2D eigenvalue weighted by Crippen LogP contribution is 2.41. The van der Waals surface area contributed by atoms with E-state index in [4.69, 9.17) is 0 Å². The van der Waals surface area contributed by atoms with E-state index in [9.17, 15) is 9.59 Å². The molecule has 5 rings (SSSR count). The molecular formula is C21H24N10O2. The van der Waals surface area contributed by atoms with Gasteiger partial charge in [0.15, 0.2) is 23.2 Å². The molecule has 170 valence electrons. The summed E-state index contributed by atoms with van der Waals surface area (Å²) >= 11 is 0. The van der Waals surface area contributed by atoms with Gasteiger partial charge in [-0.2, -0.15) is 5.10 Å². The molecule has 2 aliphatic rings. The van der Waals surface area contributed by atoms with E-state index in [0.29, 0.717) is 17.3 Å². The van der Waals surface area contributed by atoms with Crippen LogP contribution in [-0.4, -0.2) is 55.9 Å². The van der Waals surface area contributed by atoms with Gasteiger partial charge in [0.05, 0.1) is 17.4 Å². The molecule has 0 unspecified atom stereocenters. The fourth-order valence-electron chi connectivity index (χ4n) is 3.84. The normalized spacial score (nSPS) is 16.6. The molecule has 0 spiro atoms. The molecule has 0 saturated heterocycles. The maximum absolute atomic E-state index is 12.5. The third kappa shape index (κ3) is 3.62. The summed E-state index contributed by atoms with van der Waals surface area (Å²) < 4.78 is 1.81. The number of hydrogen-bond donors (Lipinski definition) is 3. The Morgan fingerprint density at radius 3 is 2.73 bits per heavy atom. The lowest BCUT2D eigenvalue weighted by Crippen LogP contribution is -2.31. The highest BCUT2D eigenvalue weighted by atomic mass is 16.2. The smallest absolute Gasteiger partial charge is 0.273 e. The molecule has 12 heteroatoms. The fraction of sp³-hybridized carbons (Fsp3) is 0.381. The summed E-state index contributed by atoms with van der Waals surface area (Å²) in [5, 5.41) is 21.2. The molecule has 1 fully saturated rings. The lowest BCUT2D eigenvalue weighted by atomic mass is 10.1. The molecule has 1 atom stereocenters. The number of rotatable bonds is 5. The first kappa shape index (κ1) is 20.8. The summed E-state index contributed by atoms with van der Waals surface area (Å²) in [4.78, 5) is 35.8. The molecule has 1 aliphatic carbocycles. The van der Waals surface area contributed by atoms with E-state index < -0.39 is 5.91 Å². The summed E-state index contributed by atoms with van der Waals surface area (Å²) in [6.45, 7) is 3.89. The predicted octanol–water partition coefficient (Wildman–Crippen LogP) is 1.72. The number of aryl methyl sites for hydroxylation is 1. The van der Waals surface area contributed by atoms with Gasteiger partial charge in [-0.15, -0.1) is 10.2 Å². The highest BCUT2D eigenvalue weighted by Gasteiger charge is 2.32. The highest BCUT2D eigenvalue weighted by molar-refractivity contribution is 6.00. The van der Waals surface area contributed by atoms with Crippen molar-refractivity contribution in [3.05, 3.63) is 35.7 Å². The van der Waals surface area contributed by atoms with E-state index in [-0.39, 0.29) is 29.4 Å². The lowest BCUT2D eigenvalue weighted by Gasteiger charge is -2.34. The Morgan fingerprint density at radius 2 is 2.00 bits per heavy atom. The zero-order valence-corrected chi connectivity index (χ0v) is 18.7. The first-order valence-corrected chi connectivity index (χ1v) is 10.7. The largest absolute Gasteiger partial charge is 0.360 e. The van der Waals surface area contributed by atoms with Gasteiger partial charge in [-0.3, -0.25) is 9.59 Å². The molecule has 33 heavy (non-hydrogen) atoms. The summed E-state index contributed by atoms with van der Waals surface area (Å²) in [5.74, 6) is 1.80. The van der Waals surface area contributed by atoms with E-state index >= 15 is 0 Å². The van der Waals surface area contributed by atoms with E-state index in [0.717, 1.165) is 30.0 Å². The number of nitrogens with one attached hydrogen (secondary N) is 3. The van der Waals surface area contributed by atoms with Crippen LogP contribution in [0.15, 0.2) is 18.3 Å². The van der Waals surface area contributed by atoms with Crippen molar-refractivity contribution < 1.29 is 9.59 Å². The number of nitrogens with zero attached hydrogens (tertiary/aromatic N) is 7. The minimum atomic E-state index is -0.411. The third-order valence-electron chi connectivity index (χ3n) is 5.87. The van der Waals surface area contributed by atoms with Crippen LogP contribution in [0, 0.1) is 12.8 Å². The summed E-state index contributed by atoms with van der Waals surface area (Å²) in [6, 6.07) is 3.41. The summed E-state index contributed by atoms with van der Waals surface area (Å²) in [5.41, 5.74) is 2.07. The number of carbonyl (C=O) groups is 2. The van der Waals surface area contributed by atoms with Crippen LogP contribution in [0.4, 0.5) is 23.0 Å². The van der Waals surface area contributed by atoms with E-state index in [1.54, 1.807) is 12.3 Å². The van der Waals surface area contributed by atoms with Crippen molar-refractivity contribution in [3.63, 3.8) is 0 Å². The Kier molecular flexibility index (Phi) is 4.91. The number of amides is 2. The molecule has 3 N–H and O–H groups in total. The Bertz CT molecular complexity index is 1270. The van der Waals surface area contributed by atoms with Crippen molar-refractivity contribution in [1.82, 2.24) is 35.3 Å². The summed E-state index contributed by atoms with van der Waals surface area (Å²) in [7, 11) is 3.47. The number of carbonyl (C=O) groups excluding carboxylic acids is 2. The van der Waals surface area contributed by atoms with Crippen LogP contribution in [0.25, 0.3) is 5.69 Å². The van der Waals surface area contributed by atoms with Crippen LogP contribution >= 0.6 is 0 Å². The minimum absolute atomic E-state index is 0.0140. The first-order valence-electron chi connectivity index (χ1n) is 10.7. The SMILES string of the molecule is CNC(=O)c1nnc(NC(=O)C2CC2)cc1Nc1nccc2c1N(C)[C@@H](C)c1nc(C)nn1-2. The maximum Gasteiger partial charge on any atom is 0.273 e. The maximum atomic E-state index is 12.5. The molecular weight excluding hydrogens is 424 g/mol. The Labute approximate surface area is 189 Å². The predicted molar refractivity (Wildman–Crippen MR) is 121 cm³/mol. The topological polar surface area (TPSA) is 143 Å². The monoisotopic (exact) mass is 448 g/mol. The molecule has 1 saturated carbocycles. The van der Waals surface area contributed by atoms with Crippen molar-refractivity contribution in [3.8, 4) is 5.69 Å². The van der Waals surface area contributed by atoms with Gasteiger partial charge in [0.2, 0.25) is 5.91 Å². The average Bonchev–Trinajstić information content (AvgIpc) is 3.58. The third-order valence-corrected chi connectivity index (χ3v) is 5.87. The van der Waals surface area contributed by atoms with E-state index in [2.05, 4.69) is 46.1 Å².